The fraction of sp³-hybridized carbons (Fsp3) is 0.343. The lowest BCUT2D eigenvalue weighted by molar-refractivity contribution is -0.126. The van der Waals surface area contributed by atoms with Crippen LogP contribution in [0.25, 0.3) is 43.7 Å². The largest absolute Gasteiger partial charge is 0.475 e. The van der Waals surface area contributed by atoms with Crippen LogP contribution in [0.15, 0.2) is 48.7 Å². The third kappa shape index (κ3) is 5.27. The Bertz CT molecular complexity index is 2020. The Morgan fingerprint density at radius 2 is 1.84 bits per heavy atom. The summed E-state index contributed by atoms with van der Waals surface area (Å²) in [4.78, 5) is 21.2. The van der Waals surface area contributed by atoms with Gasteiger partial charge in [0.25, 0.3) is 5.91 Å². The van der Waals surface area contributed by atoms with E-state index in [1.165, 1.54) is 0 Å². The fourth-order valence-electron chi connectivity index (χ4n) is 6.85. The maximum absolute atomic E-state index is 16.9. The summed E-state index contributed by atoms with van der Waals surface area (Å²) >= 11 is 13.6. The molecule has 10 heteroatoms. The first-order chi connectivity index (χ1) is 21.9. The number of rotatable bonds is 5. The van der Waals surface area contributed by atoms with Gasteiger partial charge in [-0.05, 0) is 75.2 Å². The number of hydrogen-bond donors (Lipinski definition) is 0. The lowest BCUT2D eigenvalue weighted by Crippen LogP contribution is -2.38. The molecule has 0 aliphatic carbocycles. The zero-order chi connectivity index (χ0) is 31.2. The summed E-state index contributed by atoms with van der Waals surface area (Å²) in [5.41, 5.74) is 1.72. The average Bonchev–Trinajstić information content (AvgIpc) is 3.67. The molecule has 3 aromatic carbocycles. The van der Waals surface area contributed by atoms with Gasteiger partial charge in [0.15, 0.2) is 5.82 Å². The molecular formula is C35H32Cl2FN5O2. The molecule has 0 bridgehead atoms. The van der Waals surface area contributed by atoms with E-state index < -0.39 is 5.82 Å². The van der Waals surface area contributed by atoms with Crippen molar-refractivity contribution in [3.05, 3.63) is 64.5 Å². The number of carbonyl (C=O) groups is 1. The van der Waals surface area contributed by atoms with E-state index >= 15 is 4.39 Å². The number of likely N-dealkylation sites (tertiary alicyclic amines) is 2. The van der Waals surface area contributed by atoms with Gasteiger partial charge in [-0.15, -0.1) is 0 Å². The van der Waals surface area contributed by atoms with Crippen molar-refractivity contribution >= 4 is 61.7 Å². The third-order valence-electron chi connectivity index (χ3n) is 9.22. The van der Waals surface area contributed by atoms with Crippen LogP contribution >= 0.6 is 23.2 Å². The molecule has 7 rings (SSSR count). The average molecular weight is 645 g/mol. The van der Waals surface area contributed by atoms with Crippen LogP contribution < -0.4 is 4.74 Å². The van der Waals surface area contributed by atoms with Crippen molar-refractivity contribution in [2.45, 2.75) is 44.7 Å². The van der Waals surface area contributed by atoms with Crippen LogP contribution in [-0.4, -0.2) is 69.8 Å². The van der Waals surface area contributed by atoms with Gasteiger partial charge in [-0.1, -0.05) is 59.5 Å². The van der Waals surface area contributed by atoms with Gasteiger partial charge < -0.3 is 14.5 Å². The lowest BCUT2D eigenvalue weighted by atomic mass is 9.96. The van der Waals surface area contributed by atoms with Crippen LogP contribution in [0.1, 0.15) is 38.6 Å². The molecule has 2 aliphatic rings. The Hall–Kier alpha value is -3.90. The van der Waals surface area contributed by atoms with Crippen molar-refractivity contribution in [2.75, 3.05) is 33.3 Å². The van der Waals surface area contributed by atoms with Gasteiger partial charge >= 0.3 is 0 Å². The molecule has 2 fully saturated rings. The molecule has 7 nitrogen and oxygen atoms in total. The van der Waals surface area contributed by atoms with Gasteiger partial charge in [-0.25, -0.2) is 9.37 Å². The third-order valence-corrected chi connectivity index (χ3v) is 9.84. The Labute approximate surface area is 270 Å². The molecule has 1 unspecified atom stereocenters. The number of carbonyl (C=O) groups excluding carboxylic acids is 1. The molecule has 0 radical (unpaired) electrons. The molecule has 4 heterocycles. The predicted octanol–water partition coefficient (Wildman–Crippen LogP) is 7.51. The molecule has 1 atom stereocenters. The zero-order valence-corrected chi connectivity index (χ0v) is 26.6. The normalized spacial score (nSPS) is 17.7. The number of likely N-dealkylation sites (N-methyl/N-ethyl adjacent to an activating group) is 1. The monoisotopic (exact) mass is 643 g/mol. The van der Waals surface area contributed by atoms with Crippen LogP contribution in [0.3, 0.4) is 0 Å². The van der Waals surface area contributed by atoms with E-state index in [2.05, 4.69) is 23.8 Å². The summed E-state index contributed by atoms with van der Waals surface area (Å²) in [7, 11) is 2.09. The highest BCUT2D eigenvalue weighted by Crippen LogP contribution is 2.44. The number of benzene rings is 3. The number of aromatic nitrogens is 3. The summed E-state index contributed by atoms with van der Waals surface area (Å²) in [5, 5.41) is 8.43. The standard InChI is InChI=1S/C35H32Cl2FN5O2/c1-3-7-29(44)42-16-13-22(14-17-42)43-34-25-18-28(37)31(24-11-4-8-21-9-5-12-27(36)30(21)24)32(38)33(25)40-35(26(34)19-39-43)45-20-23-10-6-15-41(23)2/h4-5,8-9,11-12,18-19,22-23H,6,10,13-17,20H2,1-2H3. The van der Waals surface area contributed by atoms with Crippen LogP contribution in [0.5, 0.6) is 5.88 Å². The maximum Gasteiger partial charge on any atom is 0.298 e. The topological polar surface area (TPSA) is 63.5 Å². The van der Waals surface area contributed by atoms with Crippen molar-refractivity contribution in [2.24, 2.45) is 0 Å². The molecule has 0 saturated carbocycles. The first kappa shape index (κ1) is 29.8. The SMILES string of the molecule is CC#CC(=O)N1CCC(n2ncc3c(OCC4CCCN4C)nc4c(F)c(-c5cccc6cccc(Cl)c56)c(Cl)cc4c32)CC1. The zero-order valence-electron chi connectivity index (χ0n) is 25.1. The Morgan fingerprint density at radius 1 is 1.07 bits per heavy atom. The van der Waals surface area contributed by atoms with Crippen molar-refractivity contribution < 1.29 is 13.9 Å². The second kappa shape index (κ2) is 12.1. The van der Waals surface area contributed by atoms with Gasteiger partial charge in [0, 0.05) is 40.5 Å². The van der Waals surface area contributed by atoms with Crippen molar-refractivity contribution in [1.29, 1.82) is 0 Å². The number of hydrogen-bond acceptors (Lipinski definition) is 5. The van der Waals surface area contributed by atoms with Crippen molar-refractivity contribution in [3.8, 4) is 28.8 Å². The minimum Gasteiger partial charge on any atom is -0.475 e. The molecule has 1 amide bonds. The van der Waals surface area contributed by atoms with E-state index in [1.807, 2.05) is 35.0 Å². The molecule has 5 aromatic rings. The Morgan fingerprint density at radius 3 is 2.58 bits per heavy atom. The van der Waals surface area contributed by atoms with E-state index in [9.17, 15) is 4.79 Å². The molecule has 230 valence electrons. The second-order valence-corrected chi connectivity index (χ2v) is 12.7. The van der Waals surface area contributed by atoms with Gasteiger partial charge in [-0.3, -0.25) is 9.48 Å². The number of nitrogens with zero attached hydrogens (tertiary/aromatic N) is 5. The molecular weight excluding hydrogens is 612 g/mol. The number of pyridine rings is 1. The molecule has 0 spiro atoms. The lowest BCUT2D eigenvalue weighted by Gasteiger charge is -2.31. The highest BCUT2D eigenvalue weighted by atomic mass is 35.5. The quantitative estimate of drug-likeness (QED) is 0.186. The van der Waals surface area contributed by atoms with Crippen LogP contribution in [0, 0.1) is 17.7 Å². The molecule has 2 aliphatic heterocycles. The highest BCUT2D eigenvalue weighted by molar-refractivity contribution is 6.38. The van der Waals surface area contributed by atoms with Gasteiger partial charge in [-0.2, -0.15) is 5.10 Å². The molecule has 2 saturated heterocycles. The summed E-state index contributed by atoms with van der Waals surface area (Å²) < 4.78 is 25.3. The van der Waals surface area contributed by atoms with Gasteiger partial charge in [0.05, 0.1) is 28.2 Å². The van der Waals surface area contributed by atoms with E-state index in [0.717, 1.165) is 35.7 Å². The molecule has 2 aromatic heterocycles. The van der Waals surface area contributed by atoms with Gasteiger partial charge in [0.2, 0.25) is 5.88 Å². The predicted molar refractivity (Wildman–Crippen MR) is 177 cm³/mol. The van der Waals surface area contributed by atoms with Crippen LogP contribution in [0.2, 0.25) is 10.0 Å². The summed E-state index contributed by atoms with van der Waals surface area (Å²) in [5.74, 6) is 4.96. The van der Waals surface area contributed by atoms with Gasteiger partial charge in [0.1, 0.15) is 12.1 Å². The van der Waals surface area contributed by atoms with E-state index in [0.29, 0.717) is 59.8 Å². The second-order valence-electron chi connectivity index (χ2n) is 11.8. The van der Waals surface area contributed by atoms with E-state index in [-0.39, 0.29) is 34.1 Å². The summed E-state index contributed by atoms with van der Waals surface area (Å²) in [6, 6.07) is 13.3. The Kier molecular flexibility index (Phi) is 8.03. The smallest absolute Gasteiger partial charge is 0.298 e. The van der Waals surface area contributed by atoms with E-state index in [1.54, 1.807) is 30.2 Å². The first-order valence-corrected chi connectivity index (χ1v) is 16.0. The van der Waals surface area contributed by atoms with Crippen LogP contribution in [0.4, 0.5) is 4.39 Å². The van der Waals surface area contributed by atoms with Crippen LogP contribution in [-0.2, 0) is 4.79 Å². The number of fused-ring (bicyclic) bond motifs is 4. The number of halogens is 3. The molecule has 45 heavy (non-hydrogen) atoms. The van der Waals surface area contributed by atoms with Crippen molar-refractivity contribution in [1.82, 2.24) is 24.6 Å². The molecule has 0 N–H and O–H groups in total. The first-order valence-electron chi connectivity index (χ1n) is 15.3. The summed E-state index contributed by atoms with van der Waals surface area (Å²) in [6.45, 7) is 4.23. The van der Waals surface area contributed by atoms with E-state index in [4.69, 9.17) is 38.0 Å². The number of piperidine rings is 1. The fourth-order valence-corrected chi connectivity index (χ4v) is 7.43. The number of amides is 1. The minimum absolute atomic E-state index is 0.0149. The number of ether oxygens (including phenoxy) is 1. The summed E-state index contributed by atoms with van der Waals surface area (Å²) in [6.07, 6.45) is 5.26. The minimum atomic E-state index is -0.541. The highest BCUT2D eigenvalue weighted by Gasteiger charge is 2.29. The maximum atomic E-state index is 16.9. The van der Waals surface area contributed by atoms with Crippen molar-refractivity contribution in [3.63, 3.8) is 0 Å². The Balaban J connectivity index is 1.39.